The number of β-amino-alcohol motifs (C(OH)–C–C–N with tert-alkyl or cyclic N) is 1. The van der Waals surface area contributed by atoms with Crippen molar-refractivity contribution in [3.63, 3.8) is 0 Å². The number of carbonyl (C=O) groups is 1. The molecule has 0 aromatic heterocycles. The molecule has 1 fully saturated rings. The van der Waals surface area contributed by atoms with Gasteiger partial charge in [-0.25, -0.2) is 0 Å². The fourth-order valence-corrected chi connectivity index (χ4v) is 2.35. The van der Waals surface area contributed by atoms with Gasteiger partial charge in [-0.1, -0.05) is 18.2 Å². The van der Waals surface area contributed by atoms with E-state index >= 15 is 0 Å². The maximum atomic E-state index is 12.7. The Bertz CT molecular complexity index is 605. The van der Waals surface area contributed by atoms with E-state index in [1.807, 2.05) is 0 Å². The minimum absolute atomic E-state index is 0.125. The zero-order valence-corrected chi connectivity index (χ0v) is 11.3. The highest BCUT2D eigenvalue weighted by atomic mass is 19.4. The predicted octanol–water partition coefficient (Wildman–Crippen LogP) is 1.66. The van der Waals surface area contributed by atoms with E-state index in [9.17, 15) is 33.2 Å². The lowest BCUT2D eigenvalue weighted by Crippen LogP contribution is -2.48. The molecule has 6 nitrogen and oxygen atoms in total. The van der Waals surface area contributed by atoms with Crippen molar-refractivity contribution < 1.29 is 28.0 Å². The normalized spacial score (nSPS) is 21.9. The van der Waals surface area contributed by atoms with Crippen LogP contribution in [0.15, 0.2) is 24.3 Å². The van der Waals surface area contributed by atoms with Gasteiger partial charge in [-0.05, 0) is 0 Å². The molecule has 9 heteroatoms. The number of alkyl halides is 3. The Morgan fingerprint density at radius 1 is 1.41 bits per heavy atom. The third-order valence-electron chi connectivity index (χ3n) is 3.66. The molecular weight excluding hydrogens is 305 g/mol. The lowest BCUT2D eigenvalue weighted by atomic mass is 10.0. The second-order valence-corrected chi connectivity index (χ2v) is 5.16. The zero-order chi connectivity index (χ0) is 16.5. The fraction of sp³-hybridized carbons (Fsp3) is 0.462. The second-order valence-electron chi connectivity index (χ2n) is 5.16. The van der Waals surface area contributed by atoms with Gasteiger partial charge in [-0.2, -0.15) is 13.2 Å². The molecular formula is C13H13F3N2O4. The molecule has 1 amide bonds. The number of benzene rings is 1. The van der Waals surface area contributed by atoms with Crippen molar-refractivity contribution in [3.05, 3.63) is 39.9 Å². The molecule has 120 valence electrons. The second kappa shape index (κ2) is 5.56. The molecule has 0 radical (unpaired) electrons. The van der Waals surface area contributed by atoms with E-state index in [1.165, 1.54) is 24.3 Å². The number of carbonyl (C=O) groups excluding carboxylic acids is 1. The summed E-state index contributed by atoms with van der Waals surface area (Å²) in [5.74, 6) is -0.686. The van der Waals surface area contributed by atoms with E-state index in [4.69, 9.17) is 0 Å². The van der Waals surface area contributed by atoms with Crippen LogP contribution in [-0.4, -0.2) is 45.7 Å². The van der Waals surface area contributed by atoms with E-state index in [1.54, 1.807) is 0 Å². The summed E-state index contributed by atoms with van der Waals surface area (Å²) in [6.45, 7) is -1.09. The number of nitrogens with zero attached hydrogens (tertiary/aromatic N) is 2. The first kappa shape index (κ1) is 16.2. The Kier molecular flexibility index (Phi) is 4.10. The molecule has 1 aliphatic rings. The van der Waals surface area contributed by atoms with E-state index in [2.05, 4.69) is 0 Å². The van der Waals surface area contributed by atoms with Gasteiger partial charge in [0, 0.05) is 24.6 Å². The standard InChI is InChI=1S/C13H13F3N2O4/c14-13(15,16)12(20)5-6-17(8-12)11(19)7-9-3-1-2-4-10(9)18(21)22/h1-4,20H,5-8H2. The monoisotopic (exact) mass is 318 g/mol. The first-order chi connectivity index (χ1) is 10.1. The van der Waals surface area contributed by atoms with Crippen molar-refractivity contribution in [3.8, 4) is 0 Å². The zero-order valence-electron chi connectivity index (χ0n) is 11.3. The number of hydrogen-bond acceptors (Lipinski definition) is 4. The number of nitro groups is 1. The summed E-state index contributed by atoms with van der Waals surface area (Å²) in [4.78, 5) is 23.1. The van der Waals surface area contributed by atoms with Crippen LogP contribution in [0.4, 0.5) is 18.9 Å². The number of likely N-dealkylation sites (tertiary alicyclic amines) is 1. The van der Waals surface area contributed by atoms with Gasteiger partial charge in [0.15, 0.2) is 5.60 Å². The highest BCUT2D eigenvalue weighted by molar-refractivity contribution is 5.80. The van der Waals surface area contributed by atoms with E-state index in [0.29, 0.717) is 0 Å². The number of para-hydroxylation sites is 1. The minimum Gasteiger partial charge on any atom is -0.379 e. The van der Waals surface area contributed by atoms with Gasteiger partial charge < -0.3 is 10.0 Å². The third-order valence-corrected chi connectivity index (χ3v) is 3.66. The van der Waals surface area contributed by atoms with Crippen molar-refractivity contribution in [2.45, 2.75) is 24.6 Å². The van der Waals surface area contributed by atoms with Crippen LogP contribution in [0.2, 0.25) is 0 Å². The highest BCUT2D eigenvalue weighted by Crippen LogP contribution is 2.37. The van der Waals surface area contributed by atoms with Crippen molar-refractivity contribution in [2.24, 2.45) is 0 Å². The van der Waals surface area contributed by atoms with Crippen molar-refractivity contribution >= 4 is 11.6 Å². The Labute approximate surface area is 123 Å². The Balaban J connectivity index is 2.11. The number of halogens is 3. The van der Waals surface area contributed by atoms with Gasteiger partial charge in [0.1, 0.15) is 0 Å². The molecule has 0 bridgehead atoms. The SMILES string of the molecule is O=C(Cc1ccccc1[N+](=O)[O-])N1CCC(O)(C(F)(F)F)C1. The molecule has 1 aromatic rings. The van der Waals surface area contributed by atoms with Gasteiger partial charge in [0.2, 0.25) is 5.91 Å². The molecule has 2 rings (SSSR count). The number of amides is 1. The van der Waals surface area contributed by atoms with Gasteiger partial charge in [-0.15, -0.1) is 0 Å². The Hall–Kier alpha value is -2.16. The summed E-state index contributed by atoms with van der Waals surface area (Å²) in [5.41, 5.74) is -3.05. The number of nitro benzene ring substituents is 1. The van der Waals surface area contributed by atoms with Crippen LogP contribution in [0.3, 0.4) is 0 Å². The lowest BCUT2D eigenvalue weighted by Gasteiger charge is -2.25. The molecule has 1 saturated heterocycles. The Morgan fingerprint density at radius 3 is 2.59 bits per heavy atom. The summed E-state index contributed by atoms with van der Waals surface area (Å²) < 4.78 is 38.1. The van der Waals surface area contributed by atoms with Gasteiger partial charge >= 0.3 is 6.18 Å². The first-order valence-electron chi connectivity index (χ1n) is 6.43. The van der Waals surface area contributed by atoms with E-state index in [0.717, 1.165) is 4.90 Å². The molecule has 1 N–H and O–H groups in total. The molecule has 0 saturated carbocycles. The van der Waals surface area contributed by atoms with Crippen LogP contribution in [0, 0.1) is 10.1 Å². The van der Waals surface area contributed by atoms with Gasteiger partial charge in [0.25, 0.3) is 5.69 Å². The first-order valence-corrected chi connectivity index (χ1v) is 6.43. The predicted molar refractivity (Wildman–Crippen MR) is 69.0 cm³/mol. The summed E-state index contributed by atoms with van der Waals surface area (Å²) in [6, 6.07) is 5.54. The fourth-order valence-electron chi connectivity index (χ4n) is 2.35. The molecule has 1 aromatic carbocycles. The number of hydrogen-bond donors (Lipinski definition) is 1. The van der Waals surface area contributed by atoms with Gasteiger partial charge in [0.05, 0.1) is 17.9 Å². The maximum absolute atomic E-state index is 12.7. The van der Waals surface area contributed by atoms with Crippen LogP contribution in [-0.2, 0) is 11.2 Å². The molecule has 1 atom stereocenters. The van der Waals surface area contributed by atoms with E-state index < -0.39 is 35.6 Å². The summed E-state index contributed by atoms with van der Waals surface area (Å²) in [7, 11) is 0. The number of rotatable bonds is 3. The largest absolute Gasteiger partial charge is 0.419 e. The Morgan fingerprint density at radius 2 is 2.05 bits per heavy atom. The van der Waals surface area contributed by atoms with Gasteiger partial charge in [-0.3, -0.25) is 14.9 Å². The van der Waals surface area contributed by atoms with Crippen molar-refractivity contribution in [1.29, 1.82) is 0 Å². The molecule has 0 aliphatic carbocycles. The third kappa shape index (κ3) is 3.03. The van der Waals surface area contributed by atoms with Crippen molar-refractivity contribution in [1.82, 2.24) is 4.90 Å². The molecule has 0 spiro atoms. The molecule has 1 heterocycles. The summed E-state index contributed by atoms with van der Waals surface area (Å²) in [6.07, 6.45) is -5.80. The van der Waals surface area contributed by atoms with Crippen LogP contribution in [0.25, 0.3) is 0 Å². The highest BCUT2D eigenvalue weighted by Gasteiger charge is 2.57. The average molecular weight is 318 g/mol. The summed E-state index contributed by atoms with van der Waals surface area (Å²) in [5, 5.41) is 20.4. The summed E-state index contributed by atoms with van der Waals surface area (Å²) >= 11 is 0. The molecule has 22 heavy (non-hydrogen) atoms. The van der Waals surface area contributed by atoms with Crippen LogP contribution >= 0.6 is 0 Å². The number of aliphatic hydroxyl groups is 1. The minimum atomic E-state index is -4.82. The van der Waals surface area contributed by atoms with Crippen LogP contribution < -0.4 is 0 Å². The average Bonchev–Trinajstić information content (AvgIpc) is 2.83. The maximum Gasteiger partial charge on any atom is 0.419 e. The van der Waals surface area contributed by atoms with Crippen LogP contribution in [0.5, 0.6) is 0 Å². The van der Waals surface area contributed by atoms with Crippen molar-refractivity contribution in [2.75, 3.05) is 13.1 Å². The lowest BCUT2D eigenvalue weighted by molar-refractivity contribution is -0.385. The van der Waals surface area contributed by atoms with Crippen LogP contribution in [0.1, 0.15) is 12.0 Å². The smallest absolute Gasteiger partial charge is 0.379 e. The quantitative estimate of drug-likeness (QED) is 0.678. The molecule has 1 aliphatic heterocycles. The topological polar surface area (TPSA) is 83.7 Å². The molecule has 1 unspecified atom stereocenters. The van der Waals surface area contributed by atoms with E-state index in [-0.39, 0.29) is 24.2 Å².